The molecule has 2 aromatic heterocycles. The van der Waals surface area contributed by atoms with E-state index in [-0.39, 0.29) is 48.0 Å². The van der Waals surface area contributed by atoms with Crippen LogP contribution in [0.1, 0.15) is 30.1 Å². The molecule has 3 saturated heterocycles. The standard InChI is InChI=1S/C23H20N4O5/c1-2-31-23(30)14-11-25-27-15(8-9-24-20(14)27)12-4-3-5-13(10-12)26-21(28)18-16-6-7-17(32-16)19(18)22(26)29/h3-5,8-11,16-19H,2,6-7H2,1H3/t16-,17-,18-,19+/m1/s1. The van der Waals surface area contributed by atoms with E-state index in [1.54, 1.807) is 41.9 Å². The van der Waals surface area contributed by atoms with Crippen molar-refractivity contribution in [2.45, 2.75) is 32.0 Å². The van der Waals surface area contributed by atoms with E-state index in [0.29, 0.717) is 17.0 Å². The zero-order valence-corrected chi connectivity index (χ0v) is 17.3. The molecule has 0 aliphatic carbocycles. The van der Waals surface area contributed by atoms with E-state index in [9.17, 15) is 14.4 Å². The first-order chi connectivity index (χ1) is 15.6. The molecule has 162 valence electrons. The van der Waals surface area contributed by atoms with Crippen molar-refractivity contribution in [3.05, 3.63) is 48.3 Å². The highest BCUT2D eigenvalue weighted by Crippen LogP contribution is 2.49. The minimum atomic E-state index is -0.488. The van der Waals surface area contributed by atoms with Gasteiger partial charge in [-0.3, -0.25) is 9.59 Å². The molecular formula is C23H20N4O5. The number of hydrogen-bond acceptors (Lipinski definition) is 7. The Morgan fingerprint density at radius 3 is 2.62 bits per heavy atom. The Hall–Kier alpha value is -3.59. The fourth-order valence-electron chi connectivity index (χ4n) is 5.23. The van der Waals surface area contributed by atoms with Crippen molar-refractivity contribution >= 4 is 29.1 Å². The van der Waals surface area contributed by atoms with Crippen molar-refractivity contribution in [2.24, 2.45) is 11.8 Å². The second-order valence-corrected chi connectivity index (χ2v) is 8.25. The zero-order valence-electron chi connectivity index (χ0n) is 17.3. The highest BCUT2D eigenvalue weighted by Gasteiger charge is 2.62. The second-order valence-electron chi connectivity index (χ2n) is 8.25. The predicted octanol–water partition coefficient (Wildman–Crippen LogP) is 2.24. The van der Waals surface area contributed by atoms with E-state index in [1.807, 2.05) is 6.07 Å². The Labute approximate surface area is 182 Å². The number of ether oxygens (including phenoxy) is 2. The molecule has 9 heteroatoms. The Morgan fingerprint density at radius 2 is 1.91 bits per heavy atom. The van der Waals surface area contributed by atoms with Gasteiger partial charge in [0.15, 0.2) is 5.65 Å². The predicted molar refractivity (Wildman–Crippen MR) is 112 cm³/mol. The molecule has 0 unspecified atom stereocenters. The van der Waals surface area contributed by atoms with Gasteiger partial charge in [0.05, 0.1) is 48.2 Å². The number of esters is 1. The van der Waals surface area contributed by atoms with Crippen LogP contribution in [-0.4, -0.2) is 51.2 Å². The summed E-state index contributed by atoms with van der Waals surface area (Å²) < 4.78 is 12.5. The maximum atomic E-state index is 13.1. The van der Waals surface area contributed by atoms with Crippen LogP contribution in [0.25, 0.3) is 16.9 Å². The molecule has 32 heavy (non-hydrogen) atoms. The molecule has 0 spiro atoms. The summed E-state index contributed by atoms with van der Waals surface area (Å²) in [7, 11) is 0. The first-order valence-corrected chi connectivity index (χ1v) is 10.7. The molecule has 3 aromatic rings. The maximum Gasteiger partial charge on any atom is 0.343 e. The van der Waals surface area contributed by atoms with Crippen LogP contribution in [0.2, 0.25) is 0 Å². The number of carbonyl (C=O) groups excluding carboxylic acids is 3. The van der Waals surface area contributed by atoms with Crippen molar-refractivity contribution in [2.75, 3.05) is 11.5 Å². The van der Waals surface area contributed by atoms with Gasteiger partial charge in [-0.15, -0.1) is 0 Å². The maximum absolute atomic E-state index is 13.1. The summed E-state index contributed by atoms with van der Waals surface area (Å²) >= 11 is 0. The Balaban J connectivity index is 1.39. The SMILES string of the molecule is CCOC(=O)c1cnn2c(-c3cccc(N4C(=O)[C@@H]5[C@H](C4=O)[C@H]4CC[C@H]5O4)c3)ccnc12. The molecule has 3 aliphatic rings. The van der Waals surface area contributed by atoms with Gasteiger partial charge in [0.1, 0.15) is 5.56 Å². The second kappa shape index (κ2) is 6.96. The van der Waals surface area contributed by atoms with E-state index in [4.69, 9.17) is 9.47 Å². The van der Waals surface area contributed by atoms with Gasteiger partial charge < -0.3 is 9.47 Å². The molecule has 0 N–H and O–H groups in total. The minimum Gasteiger partial charge on any atom is -0.462 e. The van der Waals surface area contributed by atoms with E-state index >= 15 is 0 Å². The Morgan fingerprint density at radius 1 is 1.16 bits per heavy atom. The van der Waals surface area contributed by atoms with Gasteiger partial charge in [0.25, 0.3) is 0 Å². The number of anilines is 1. The van der Waals surface area contributed by atoms with Crippen LogP contribution in [0.3, 0.4) is 0 Å². The highest BCUT2D eigenvalue weighted by molar-refractivity contribution is 6.23. The normalized spacial score (nSPS) is 26.2. The molecule has 0 radical (unpaired) electrons. The van der Waals surface area contributed by atoms with E-state index in [0.717, 1.165) is 18.4 Å². The highest BCUT2D eigenvalue weighted by atomic mass is 16.5. The number of hydrogen-bond donors (Lipinski definition) is 0. The number of amides is 2. The Kier molecular flexibility index (Phi) is 4.16. The molecule has 1 aromatic carbocycles. The third kappa shape index (κ3) is 2.57. The number of nitrogens with zero attached hydrogens (tertiary/aromatic N) is 4. The molecule has 6 rings (SSSR count). The summed E-state index contributed by atoms with van der Waals surface area (Å²) in [5.41, 5.74) is 2.59. The number of imide groups is 1. The fourth-order valence-corrected chi connectivity index (χ4v) is 5.23. The van der Waals surface area contributed by atoms with Crippen LogP contribution in [0.5, 0.6) is 0 Å². The summed E-state index contributed by atoms with van der Waals surface area (Å²) in [6.07, 6.45) is 4.37. The molecular weight excluding hydrogens is 412 g/mol. The van der Waals surface area contributed by atoms with Crippen molar-refractivity contribution in [3.63, 3.8) is 0 Å². The van der Waals surface area contributed by atoms with Crippen LogP contribution < -0.4 is 4.90 Å². The van der Waals surface area contributed by atoms with Gasteiger partial charge in [-0.1, -0.05) is 12.1 Å². The summed E-state index contributed by atoms with van der Waals surface area (Å²) in [6, 6.07) is 8.98. The van der Waals surface area contributed by atoms with Crippen molar-refractivity contribution in [1.82, 2.24) is 14.6 Å². The Bertz CT molecular complexity index is 1260. The lowest BCUT2D eigenvalue weighted by atomic mass is 9.81. The monoisotopic (exact) mass is 432 g/mol. The lowest BCUT2D eigenvalue weighted by Gasteiger charge is -2.18. The summed E-state index contributed by atoms with van der Waals surface area (Å²) in [5.74, 6) is -1.62. The number of benzene rings is 1. The number of fused-ring (bicyclic) bond motifs is 6. The number of carbonyl (C=O) groups is 3. The first kappa shape index (κ1) is 19.1. The van der Waals surface area contributed by atoms with Crippen molar-refractivity contribution in [1.29, 1.82) is 0 Å². The third-order valence-corrected chi connectivity index (χ3v) is 6.58. The van der Waals surface area contributed by atoms with E-state index < -0.39 is 5.97 Å². The van der Waals surface area contributed by atoms with Crippen molar-refractivity contribution < 1.29 is 23.9 Å². The topological polar surface area (TPSA) is 103 Å². The molecule has 0 saturated carbocycles. The lowest BCUT2D eigenvalue weighted by Crippen LogP contribution is -2.34. The molecule has 2 amide bonds. The number of aromatic nitrogens is 3. The summed E-state index contributed by atoms with van der Waals surface area (Å²) in [5, 5.41) is 4.32. The van der Waals surface area contributed by atoms with E-state index in [2.05, 4.69) is 10.1 Å². The molecule has 9 nitrogen and oxygen atoms in total. The first-order valence-electron chi connectivity index (χ1n) is 10.7. The van der Waals surface area contributed by atoms with Gasteiger partial charge in [-0.05, 0) is 38.0 Å². The van der Waals surface area contributed by atoms with Crippen LogP contribution in [0, 0.1) is 11.8 Å². The fraction of sp³-hybridized carbons (Fsp3) is 0.348. The minimum absolute atomic E-state index is 0.153. The molecule has 3 aliphatic heterocycles. The molecule has 2 bridgehead atoms. The average Bonchev–Trinajstić information content (AvgIpc) is 3.56. The van der Waals surface area contributed by atoms with Gasteiger partial charge in [-0.2, -0.15) is 5.10 Å². The zero-order chi connectivity index (χ0) is 22.0. The number of rotatable bonds is 4. The van der Waals surface area contributed by atoms with Gasteiger partial charge >= 0.3 is 5.97 Å². The molecule has 4 atom stereocenters. The van der Waals surface area contributed by atoms with Crippen molar-refractivity contribution in [3.8, 4) is 11.3 Å². The van der Waals surface area contributed by atoms with Gasteiger partial charge in [-0.25, -0.2) is 19.2 Å². The van der Waals surface area contributed by atoms with Crippen LogP contribution >= 0.6 is 0 Å². The van der Waals surface area contributed by atoms with Gasteiger partial charge in [0.2, 0.25) is 11.8 Å². The molecule has 5 heterocycles. The summed E-state index contributed by atoms with van der Waals surface area (Å²) in [6.45, 7) is 1.99. The third-order valence-electron chi connectivity index (χ3n) is 6.58. The average molecular weight is 432 g/mol. The quantitative estimate of drug-likeness (QED) is 0.460. The van der Waals surface area contributed by atoms with Crippen LogP contribution in [0.4, 0.5) is 5.69 Å². The molecule has 3 fully saturated rings. The summed E-state index contributed by atoms with van der Waals surface area (Å²) in [4.78, 5) is 44.1. The largest absolute Gasteiger partial charge is 0.462 e. The van der Waals surface area contributed by atoms with Crippen LogP contribution in [0.15, 0.2) is 42.7 Å². The van der Waals surface area contributed by atoms with E-state index in [1.165, 1.54) is 11.1 Å². The lowest BCUT2D eigenvalue weighted by molar-refractivity contribution is -0.124. The smallest absolute Gasteiger partial charge is 0.343 e. The van der Waals surface area contributed by atoms with Gasteiger partial charge in [0, 0.05) is 11.8 Å². The van der Waals surface area contributed by atoms with Crippen LogP contribution in [-0.2, 0) is 19.1 Å².